The van der Waals surface area contributed by atoms with E-state index in [1.165, 1.54) is 68.0 Å². The summed E-state index contributed by atoms with van der Waals surface area (Å²) in [5.74, 6) is 2.50. The molecule has 8 aromatic carbocycles. The quantitative estimate of drug-likeness (QED) is 0.150. The van der Waals surface area contributed by atoms with Crippen LogP contribution in [0.3, 0.4) is 0 Å². The third kappa shape index (κ3) is 14.3. The Bertz CT molecular complexity index is 6390. The predicted molar refractivity (Wildman–Crippen MR) is 467 cm³/mol. The van der Waals surface area contributed by atoms with E-state index in [2.05, 4.69) is 96.6 Å². The number of cyclic esters (lactones) is 2. The standard InChI is InChI=1S/2C19H14N2O2.2C15H11FN2O2.C15H12N2O2.C15H12N2OS/c22-19-21-6-5-12-7-14(8-15(11-23-19)18(12)21)17-10-20-9-13-3-1-2-4-16(13)17;22-18-11-23-17-8-14(7-12-5-6-21(18)19(12)17)16-10-20-9-13-3-1-2-4-15(13)16;16-12-4-11(6-17-7-12)10-3-9-1-2-18-14(19)8-20-13(5-10)15(9)18;16-13-5-11(6-17-7-13)10-3-9-1-2-18-14(9)12(4-10)8-20-15(18)19;2*18-14-9-19-13-7-12(11-2-1-4-16-8-11)6-10-3-5-17(14)15(10)13/h2*1-4,7-10H,5-6,11H2;2*3-7H,1-2,8H2;2*1-2,4,6-8H,3,5,9H2. The van der Waals surface area contributed by atoms with Crippen LogP contribution in [0.2, 0.25) is 0 Å². The van der Waals surface area contributed by atoms with Gasteiger partial charge in [-0.15, -0.1) is 11.8 Å². The second kappa shape index (κ2) is 32.0. The monoisotopic (exact) mass is 1660 g/mol. The minimum atomic E-state index is -0.366. The molecule has 0 saturated heterocycles. The molecule has 18 heterocycles. The summed E-state index contributed by atoms with van der Waals surface area (Å²) in [6.45, 7) is 5.35. The van der Waals surface area contributed by atoms with Crippen LogP contribution in [0.15, 0.2) is 237 Å². The van der Waals surface area contributed by atoms with Crippen molar-refractivity contribution in [2.45, 2.75) is 56.6 Å². The zero-order valence-corrected chi connectivity index (χ0v) is 67.5. The molecule has 0 atom stereocenters. The molecule has 0 unspecified atom stereocenters. The van der Waals surface area contributed by atoms with Gasteiger partial charge in [-0.05, 0) is 213 Å². The maximum atomic E-state index is 13.3. The zero-order chi connectivity index (χ0) is 83.8. The third-order valence-corrected chi connectivity index (χ3v) is 25.2. The molecular weight excluding hydrogens is 1590 g/mol. The molecule has 124 heavy (non-hydrogen) atoms. The molecule has 12 aliphatic heterocycles. The minimum absolute atomic E-state index is 0.00331. The van der Waals surface area contributed by atoms with Gasteiger partial charge in [0.1, 0.15) is 42.1 Å². The second-order valence-electron chi connectivity index (χ2n) is 31.5. The molecule has 0 bridgehead atoms. The lowest BCUT2D eigenvalue weighted by Gasteiger charge is -2.26. The molecule has 6 aromatic heterocycles. The van der Waals surface area contributed by atoms with Gasteiger partial charge in [-0.1, -0.05) is 60.7 Å². The summed E-state index contributed by atoms with van der Waals surface area (Å²) in [5, 5.41) is 4.62. The molecule has 0 fully saturated rings. The number of thioether (sulfide) groups is 1. The van der Waals surface area contributed by atoms with Gasteiger partial charge in [0.05, 0.1) is 52.3 Å². The SMILES string of the molecule is O=C1COc2cc(-c3cccnc3)cc3c2N1CC3.O=C1COc2cc(-c3cncc(F)c3)cc3c2N1CC3.O=C1COc2cc(-c3cncc4ccccc34)cc3c2N1CC3.O=C1CSc2cc(-c3cccnc3)cc3c2N1CC3.O=C1OCc2cc(-c3cncc(F)c3)cc3c2N1CC3.O=C1OCc2cc(-c3cncc4ccccc34)cc3c2N1CC3. The summed E-state index contributed by atoms with van der Waals surface area (Å²) < 4.78 is 53.8. The maximum absolute atomic E-state index is 13.3. The van der Waals surface area contributed by atoms with Crippen molar-refractivity contribution in [1.29, 1.82) is 0 Å². The summed E-state index contributed by atoms with van der Waals surface area (Å²) >= 11 is 1.65. The Labute approximate surface area is 713 Å². The van der Waals surface area contributed by atoms with Crippen molar-refractivity contribution in [3.8, 4) is 84.0 Å². The van der Waals surface area contributed by atoms with Crippen molar-refractivity contribution in [3.05, 3.63) is 288 Å². The van der Waals surface area contributed by atoms with Crippen LogP contribution in [0.4, 0.5) is 52.5 Å². The molecule has 0 spiro atoms. The number of nitrogens with zero attached hydrogens (tertiary/aromatic N) is 12. The molecule has 26 heteroatoms. The number of pyridine rings is 6. The molecule has 6 amide bonds. The van der Waals surface area contributed by atoms with Crippen LogP contribution in [-0.4, -0.2) is 131 Å². The number of hydrogen-bond donors (Lipinski definition) is 0. The van der Waals surface area contributed by atoms with Gasteiger partial charge in [-0.25, -0.2) is 18.4 Å². The molecule has 0 radical (unpaired) electrons. The minimum Gasteiger partial charge on any atom is -0.482 e. The Morgan fingerprint density at radius 1 is 0.282 bits per heavy atom. The lowest BCUT2D eigenvalue weighted by Crippen LogP contribution is -2.36. The van der Waals surface area contributed by atoms with Gasteiger partial charge in [-0.2, -0.15) is 0 Å². The van der Waals surface area contributed by atoms with Crippen LogP contribution in [0, 0.1) is 11.6 Å². The molecular formula is C98H74F2N12O11S. The summed E-state index contributed by atoms with van der Waals surface area (Å²) in [4.78, 5) is 108. The fraction of sp³-hybridized carbons (Fsp3) is 0.184. The number of amides is 6. The van der Waals surface area contributed by atoms with Gasteiger partial charge in [0, 0.05) is 161 Å². The summed E-state index contributed by atoms with van der Waals surface area (Å²) in [7, 11) is 0. The van der Waals surface area contributed by atoms with Gasteiger partial charge in [0.2, 0.25) is 5.91 Å². The molecule has 612 valence electrons. The first-order valence-electron chi connectivity index (χ1n) is 41.0. The number of hydrogen-bond acceptors (Lipinski definition) is 18. The number of carbonyl (C=O) groups is 6. The number of fused-ring (bicyclic) bond motifs is 2. The van der Waals surface area contributed by atoms with Crippen molar-refractivity contribution in [3.63, 3.8) is 0 Å². The first-order chi connectivity index (χ1) is 60.7. The Morgan fingerprint density at radius 2 is 0.637 bits per heavy atom. The first-order valence-corrected chi connectivity index (χ1v) is 42.0. The van der Waals surface area contributed by atoms with Crippen LogP contribution in [-0.2, 0) is 80.4 Å². The Kier molecular flexibility index (Phi) is 19.8. The van der Waals surface area contributed by atoms with E-state index in [0.29, 0.717) is 43.3 Å². The molecule has 14 aromatic rings. The van der Waals surface area contributed by atoms with E-state index in [1.54, 1.807) is 51.2 Å². The van der Waals surface area contributed by atoms with Gasteiger partial charge in [0.25, 0.3) is 17.7 Å². The van der Waals surface area contributed by atoms with E-state index in [4.69, 9.17) is 23.7 Å². The highest BCUT2D eigenvalue weighted by Gasteiger charge is 2.40. The molecule has 0 saturated carbocycles. The Balaban J connectivity index is 0.0000000914. The maximum Gasteiger partial charge on any atom is 0.414 e. The van der Waals surface area contributed by atoms with Crippen molar-refractivity contribution in [2.75, 3.05) is 94.2 Å². The average molecular weight is 1670 g/mol. The van der Waals surface area contributed by atoms with Crippen LogP contribution >= 0.6 is 11.8 Å². The van der Waals surface area contributed by atoms with Crippen molar-refractivity contribution in [1.82, 2.24) is 29.9 Å². The van der Waals surface area contributed by atoms with Gasteiger partial charge < -0.3 is 43.3 Å². The second-order valence-corrected chi connectivity index (χ2v) is 32.6. The molecule has 26 rings (SSSR count). The smallest absolute Gasteiger partial charge is 0.414 e. The van der Waals surface area contributed by atoms with E-state index in [1.807, 2.05) is 131 Å². The van der Waals surface area contributed by atoms with E-state index in [9.17, 15) is 37.5 Å². The van der Waals surface area contributed by atoms with E-state index >= 15 is 0 Å². The Hall–Kier alpha value is -14.8. The van der Waals surface area contributed by atoms with Crippen LogP contribution in [0.1, 0.15) is 44.5 Å². The van der Waals surface area contributed by atoms with Crippen LogP contribution in [0.5, 0.6) is 17.2 Å². The lowest BCUT2D eigenvalue weighted by molar-refractivity contribution is -0.121. The summed E-state index contributed by atoms with van der Waals surface area (Å²) in [6.07, 6.45) is 25.2. The van der Waals surface area contributed by atoms with Crippen LogP contribution < -0.4 is 43.6 Å². The fourth-order valence-corrected chi connectivity index (χ4v) is 19.5. The van der Waals surface area contributed by atoms with E-state index in [0.717, 1.165) is 192 Å². The van der Waals surface area contributed by atoms with E-state index in [-0.39, 0.29) is 73.9 Å². The third-order valence-electron chi connectivity index (χ3n) is 24.2. The number of halogens is 2. The Morgan fingerprint density at radius 3 is 1.09 bits per heavy atom. The average Bonchev–Trinajstić information content (AvgIpc) is 1.57. The summed E-state index contributed by atoms with van der Waals surface area (Å²) in [5.41, 5.74) is 27.2. The van der Waals surface area contributed by atoms with Crippen LogP contribution in [0.25, 0.3) is 88.3 Å². The number of anilines is 6. The molecule has 12 aliphatic rings. The number of benzene rings is 8. The fourth-order valence-electron chi connectivity index (χ4n) is 18.5. The zero-order valence-electron chi connectivity index (χ0n) is 66.7. The van der Waals surface area contributed by atoms with Crippen molar-refractivity contribution < 1.29 is 61.2 Å². The lowest BCUT2D eigenvalue weighted by atomic mass is 9.95. The topological polar surface area (TPSA) is 245 Å². The number of ether oxygens (including phenoxy) is 5. The molecule has 23 nitrogen and oxygen atoms in total. The highest BCUT2D eigenvalue weighted by molar-refractivity contribution is 8.00. The van der Waals surface area contributed by atoms with Gasteiger partial charge in [-0.3, -0.25) is 58.9 Å². The first kappa shape index (κ1) is 76.6. The van der Waals surface area contributed by atoms with Gasteiger partial charge >= 0.3 is 12.2 Å². The number of aromatic nitrogens is 6. The predicted octanol–water partition coefficient (Wildman–Crippen LogP) is 16.9. The van der Waals surface area contributed by atoms with Crippen molar-refractivity contribution in [2.24, 2.45) is 0 Å². The number of carbonyl (C=O) groups excluding carboxylic acids is 6. The number of rotatable bonds is 6. The highest BCUT2D eigenvalue weighted by Crippen LogP contribution is 2.50. The largest absolute Gasteiger partial charge is 0.482 e. The molecule has 0 N–H and O–H groups in total. The van der Waals surface area contributed by atoms with Gasteiger partial charge in [0.15, 0.2) is 19.8 Å². The van der Waals surface area contributed by atoms with E-state index < -0.39 is 0 Å². The van der Waals surface area contributed by atoms with Crippen molar-refractivity contribution >= 4 is 103 Å². The molecule has 0 aliphatic carbocycles. The normalized spacial score (nSPS) is 16.0. The highest BCUT2D eigenvalue weighted by atomic mass is 32.2. The summed E-state index contributed by atoms with van der Waals surface area (Å²) in [6, 6.07) is 52.3.